The van der Waals surface area contributed by atoms with E-state index >= 15 is 0 Å². The Morgan fingerprint density at radius 2 is 1.83 bits per heavy atom. The number of benzene rings is 1. The molecule has 5 nitrogen and oxygen atoms in total. The van der Waals surface area contributed by atoms with E-state index in [0.717, 1.165) is 45.3 Å². The molecule has 2 amide bonds. The second-order valence-electron chi connectivity index (χ2n) is 8.24. The van der Waals surface area contributed by atoms with Crippen LogP contribution in [0.5, 0.6) is 0 Å². The zero-order valence-corrected chi connectivity index (χ0v) is 18.9. The number of hydrogen-bond acceptors (Lipinski definition) is 3. The van der Waals surface area contributed by atoms with Crippen molar-refractivity contribution < 1.29 is 9.59 Å². The van der Waals surface area contributed by atoms with Gasteiger partial charge in [0.2, 0.25) is 5.91 Å². The summed E-state index contributed by atoms with van der Waals surface area (Å²) in [6, 6.07) is 5.24. The van der Waals surface area contributed by atoms with Crippen molar-refractivity contribution in [3.63, 3.8) is 0 Å². The van der Waals surface area contributed by atoms with Crippen LogP contribution in [-0.4, -0.2) is 72.3 Å². The van der Waals surface area contributed by atoms with Gasteiger partial charge in [-0.25, -0.2) is 0 Å². The van der Waals surface area contributed by atoms with Crippen molar-refractivity contribution in [3.8, 4) is 0 Å². The fraction of sp³-hybridized carbons (Fsp3) is 0.636. The van der Waals surface area contributed by atoms with Gasteiger partial charge < -0.3 is 14.7 Å². The molecule has 0 spiro atoms. The molecular weight excluding hydrogens is 409 g/mol. The van der Waals surface area contributed by atoms with E-state index in [1.54, 1.807) is 23.1 Å². The standard InChI is InChI=1S/C22H31Cl2N3O2/c1-3-10-26-12-8-18(9-13-26)25(2)21(28)17-5-4-11-27(15-17)22(29)16-6-7-19(23)20(24)14-16/h6-7,14,17-18H,3-5,8-13,15H2,1-2H3. The first-order chi connectivity index (χ1) is 13.9. The van der Waals surface area contributed by atoms with Crippen molar-refractivity contribution in [2.75, 3.05) is 39.8 Å². The predicted molar refractivity (Wildman–Crippen MR) is 118 cm³/mol. The molecule has 1 atom stereocenters. The van der Waals surface area contributed by atoms with Crippen molar-refractivity contribution in [2.24, 2.45) is 5.92 Å². The van der Waals surface area contributed by atoms with Gasteiger partial charge in [-0.15, -0.1) is 0 Å². The second-order valence-corrected chi connectivity index (χ2v) is 9.06. The van der Waals surface area contributed by atoms with E-state index in [1.807, 2.05) is 11.9 Å². The van der Waals surface area contributed by atoms with Crippen LogP contribution in [0.3, 0.4) is 0 Å². The highest BCUT2D eigenvalue weighted by Gasteiger charge is 2.33. The highest BCUT2D eigenvalue weighted by atomic mass is 35.5. The number of halogens is 2. The van der Waals surface area contributed by atoms with Gasteiger partial charge in [0.05, 0.1) is 16.0 Å². The van der Waals surface area contributed by atoms with Gasteiger partial charge in [0, 0.05) is 44.8 Å². The molecule has 0 saturated carbocycles. The molecule has 2 fully saturated rings. The number of amides is 2. The molecule has 2 aliphatic rings. The fourth-order valence-electron chi connectivity index (χ4n) is 4.49. The van der Waals surface area contributed by atoms with Crippen molar-refractivity contribution in [2.45, 2.75) is 45.1 Å². The number of hydrogen-bond donors (Lipinski definition) is 0. The van der Waals surface area contributed by atoms with Crippen LogP contribution < -0.4 is 0 Å². The van der Waals surface area contributed by atoms with E-state index in [9.17, 15) is 9.59 Å². The lowest BCUT2D eigenvalue weighted by Crippen LogP contribution is -2.50. The molecule has 1 aromatic rings. The Balaban J connectivity index is 1.59. The molecule has 0 radical (unpaired) electrons. The molecule has 0 N–H and O–H groups in total. The van der Waals surface area contributed by atoms with Crippen LogP contribution in [0.15, 0.2) is 18.2 Å². The van der Waals surface area contributed by atoms with Gasteiger partial charge in [0.1, 0.15) is 0 Å². The Morgan fingerprint density at radius 1 is 1.10 bits per heavy atom. The topological polar surface area (TPSA) is 43.9 Å². The van der Waals surface area contributed by atoms with E-state index in [1.165, 1.54) is 6.42 Å². The molecule has 2 heterocycles. The fourth-order valence-corrected chi connectivity index (χ4v) is 4.79. The Kier molecular flexibility index (Phi) is 7.83. The molecule has 0 bridgehead atoms. The Bertz CT molecular complexity index is 735. The average Bonchev–Trinajstić information content (AvgIpc) is 2.75. The van der Waals surface area contributed by atoms with Crippen molar-refractivity contribution >= 4 is 35.0 Å². The highest BCUT2D eigenvalue weighted by Crippen LogP contribution is 2.26. The summed E-state index contributed by atoms with van der Waals surface area (Å²) in [6.45, 7) is 6.60. The lowest BCUT2D eigenvalue weighted by Gasteiger charge is -2.40. The van der Waals surface area contributed by atoms with Crippen molar-refractivity contribution in [1.29, 1.82) is 0 Å². The summed E-state index contributed by atoms with van der Waals surface area (Å²) < 4.78 is 0. The van der Waals surface area contributed by atoms with Gasteiger partial charge in [-0.05, 0) is 56.8 Å². The number of carbonyl (C=O) groups is 2. The van der Waals surface area contributed by atoms with E-state index in [4.69, 9.17) is 23.2 Å². The van der Waals surface area contributed by atoms with Crippen LogP contribution in [0.4, 0.5) is 0 Å². The Hall–Kier alpha value is -1.30. The third-order valence-corrected chi connectivity index (χ3v) is 6.96. The third kappa shape index (κ3) is 5.44. The number of likely N-dealkylation sites (tertiary alicyclic amines) is 2. The van der Waals surface area contributed by atoms with Crippen LogP contribution in [0.1, 0.15) is 49.4 Å². The summed E-state index contributed by atoms with van der Waals surface area (Å²) in [4.78, 5) is 32.2. The minimum absolute atomic E-state index is 0.0865. The quantitative estimate of drug-likeness (QED) is 0.690. The lowest BCUT2D eigenvalue weighted by atomic mass is 9.94. The van der Waals surface area contributed by atoms with E-state index in [2.05, 4.69) is 11.8 Å². The largest absolute Gasteiger partial charge is 0.342 e. The van der Waals surface area contributed by atoms with E-state index < -0.39 is 0 Å². The maximum atomic E-state index is 13.1. The molecule has 3 rings (SSSR count). The van der Waals surface area contributed by atoms with Crippen LogP contribution in [0.25, 0.3) is 0 Å². The van der Waals surface area contributed by atoms with Crippen LogP contribution in [0, 0.1) is 5.92 Å². The summed E-state index contributed by atoms with van der Waals surface area (Å²) in [6.07, 6.45) is 4.90. The third-order valence-electron chi connectivity index (χ3n) is 6.22. The summed E-state index contributed by atoms with van der Waals surface area (Å²) in [7, 11) is 1.93. The zero-order chi connectivity index (χ0) is 21.0. The van der Waals surface area contributed by atoms with E-state index in [0.29, 0.717) is 34.7 Å². The Labute approximate surface area is 183 Å². The molecule has 1 unspecified atom stereocenters. The molecular formula is C22H31Cl2N3O2. The van der Waals surface area contributed by atoms with Crippen LogP contribution in [0.2, 0.25) is 10.0 Å². The van der Waals surface area contributed by atoms with Gasteiger partial charge in [-0.2, -0.15) is 0 Å². The van der Waals surface area contributed by atoms with E-state index in [-0.39, 0.29) is 17.7 Å². The molecule has 0 aromatic heterocycles. The van der Waals surface area contributed by atoms with Gasteiger partial charge >= 0.3 is 0 Å². The summed E-state index contributed by atoms with van der Waals surface area (Å²) in [5, 5.41) is 0.804. The zero-order valence-electron chi connectivity index (χ0n) is 17.4. The first-order valence-electron chi connectivity index (χ1n) is 10.6. The first kappa shape index (κ1) is 22.4. The number of piperidine rings is 2. The second kappa shape index (κ2) is 10.1. The van der Waals surface area contributed by atoms with Crippen LogP contribution >= 0.6 is 23.2 Å². The maximum Gasteiger partial charge on any atom is 0.253 e. The molecule has 2 saturated heterocycles. The van der Waals surface area contributed by atoms with Gasteiger partial charge in [0.25, 0.3) is 5.91 Å². The molecule has 7 heteroatoms. The minimum atomic E-state index is -0.130. The van der Waals surface area contributed by atoms with Crippen LogP contribution in [-0.2, 0) is 4.79 Å². The lowest BCUT2D eigenvalue weighted by molar-refractivity contribution is -0.138. The summed E-state index contributed by atoms with van der Waals surface area (Å²) >= 11 is 12.0. The predicted octanol–water partition coefficient (Wildman–Crippen LogP) is 4.18. The maximum absolute atomic E-state index is 13.1. The van der Waals surface area contributed by atoms with Gasteiger partial charge in [-0.3, -0.25) is 9.59 Å². The number of rotatable bonds is 5. The number of nitrogens with zero attached hydrogens (tertiary/aromatic N) is 3. The molecule has 160 valence electrons. The average molecular weight is 440 g/mol. The van der Waals surface area contributed by atoms with Crippen molar-refractivity contribution in [1.82, 2.24) is 14.7 Å². The Morgan fingerprint density at radius 3 is 2.48 bits per heavy atom. The molecule has 29 heavy (non-hydrogen) atoms. The monoisotopic (exact) mass is 439 g/mol. The van der Waals surface area contributed by atoms with Gasteiger partial charge in [0.15, 0.2) is 0 Å². The first-order valence-corrected chi connectivity index (χ1v) is 11.4. The summed E-state index contributed by atoms with van der Waals surface area (Å²) in [5.41, 5.74) is 0.518. The van der Waals surface area contributed by atoms with Crippen molar-refractivity contribution in [3.05, 3.63) is 33.8 Å². The molecule has 2 aliphatic heterocycles. The number of carbonyl (C=O) groups excluding carboxylic acids is 2. The smallest absolute Gasteiger partial charge is 0.253 e. The molecule has 1 aromatic carbocycles. The SMILES string of the molecule is CCCN1CCC(N(C)C(=O)C2CCCN(C(=O)c3ccc(Cl)c(Cl)c3)C2)CC1. The normalized spacial score (nSPS) is 21.2. The highest BCUT2D eigenvalue weighted by molar-refractivity contribution is 6.42. The minimum Gasteiger partial charge on any atom is -0.342 e. The summed E-state index contributed by atoms with van der Waals surface area (Å²) in [5.74, 6) is -0.0451. The van der Waals surface area contributed by atoms with Gasteiger partial charge in [-0.1, -0.05) is 30.1 Å². The molecule has 0 aliphatic carbocycles.